The van der Waals surface area contributed by atoms with Gasteiger partial charge in [-0.05, 0) is 35.9 Å². The van der Waals surface area contributed by atoms with Crippen LogP contribution in [0.15, 0.2) is 91.5 Å². The number of aromatic nitrogens is 3. The zero-order chi connectivity index (χ0) is 16.6. The van der Waals surface area contributed by atoms with Crippen LogP contribution >= 0.6 is 0 Å². The third-order valence-electron chi connectivity index (χ3n) is 4.58. The second-order valence-electron chi connectivity index (χ2n) is 6.05. The Balaban J connectivity index is 1.86. The minimum Gasteiger partial charge on any atom is -0.309 e. The van der Waals surface area contributed by atoms with Gasteiger partial charge in [0.15, 0.2) is 0 Å². The molecule has 5 aromatic rings. The quantitative estimate of drug-likeness (QED) is 0.445. The molecule has 0 radical (unpaired) electrons. The van der Waals surface area contributed by atoms with E-state index in [1.807, 2.05) is 18.5 Å². The van der Waals surface area contributed by atoms with E-state index in [4.69, 9.17) is 0 Å². The van der Waals surface area contributed by atoms with Crippen LogP contribution < -0.4 is 0 Å². The van der Waals surface area contributed by atoms with E-state index in [0.29, 0.717) is 0 Å². The molecule has 25 heavy (non-hydrogen) atoms. The normalized spacial score (nSPS) is 11.2. The van der Waals surface area contributed by atoms with Crippen LogP contribution in [-0.4, -0.2) is 14.5 Å². The van der Waals surface area contributed by atoms with Crippen molar-refractivity contribution in [2.45, 2.75) is 0 Å². The Morgan fingerprint density at radius 1 is 0.600 bits per heavy atom. The smallest absolute Gasteiger partial charge is 0.115 e. The van der Waals surface area contributed by atoms with Gasteiger partial charge in [0, 0.05) is 34.4 Å². The highest BCUT2D eigenvalue weighted by molar-refractivity contribution is 6.10. The third-order valence-corrected chi connectivity index (χ3v) is 4.58. The molecule has 3 aromatic carbocycles. The van der Waals surface area contributed by atoms with Crippen molar-refractivity contribution >= 4 is 21.8 Å². The zero-order valence-corrected chi connectivity index (χ0v) is 13.5. The van der Waals surface area contributed by atoms with Gasteiger partial charge in [-0.25, -0.2) is 9.97 Å². The molecule has 0 saturated heterocycles. The Bertz CT molecular complexity index is 1180. The van der Waals surface area contributed by atoms with E-state index in [0.717, 1.165) is 11.1 Å². The van der Waals surface area contributed by atoms with Gasteiger partial charge in [-0.1, -0.05) is 42.5 Å². The van der Waals surface area contributed by atoms with E-state index in [9.17, 15) is 0 Å². The molecule has 0 saturated carbocycles. The van der Waals surface area contributed by atoms with Crippen molar-refractivity contribution in [3.8, 4) is 16.8 Å². The van der Waals surface area contributed by atoms with Crippen molar-refractivity contribution in [3.05, 3.63) is 91.5 Å². The summed E-state index contributed by atoms with van der Waals surface area (Å²) in [6.45, 7) is 0. The van der Waals surface area contributed by atoms with Crippen LogP contribution in [0, 0.1) is 0 Å². The molecule has 2 aromatic heterocycles. The van der Waals surface area contributed by atoms with Crippen molar-refractivity contribution in [2.75, 3.05) is 0 Å². The molecule has 0 atom stereocenters. The SMILES string of the molecule is c1ccc(-n2c3ccccc3c3cc(-c4cncnc4)ccc32)cc1. The summed E-state index contributed by atoms with van der Waals surface area (Å²) in [7, 11) is 0. The van der Waals surface area contributed by atoms with Crippen molar-refractivity contribution in [3.63, 3.8) is 0 Å². The molecule has 118 valence electrons. The lowest BCUT2D eigenvalue weighted by Gasteiger charge is -2.07. The van der Waals surface area contributed by atoms with Crippen molar-refractivity contribution in [2.24, 2.45) is 0 Å². The van der Waals surface area contributed by atoms with Gasteiger partial charge in [-0.3, -0.25) is 0 Å². The van der Waals surface area contributed by atoms with Gasteiger partial charge in [-0.2, -0.15) is 0 Å². The van der Waals surface area contributed by atoms with Crippen molar-refractivity contribution in [1.82, 2.24) is 14.5 Å². The summed E-state index contributed by atoms with van der Waals surface area (Å²) in [6, 6.07) is 25.6. The molecular weight excluding hydrogens is 306 g/mol. The maximum absolute atomic E-state index is 4.14. The molecule has 0 unspecified atom stereocenters. The van der Waals surface area contributed by atoms with E-state index < -0.39 is 0 Å². The van der Waals surface area contributed by atoms with E-state index in [1.165, 1.54) is 27.5 Å². The molecule has 0 fully saturated rings. The van der Waals surface area contributed by atoms with E-state index in [1.54, 1.807) is 6.33 Å². The average Bonchev–Trinajstić information content (AvgIpc) is 3.03. The summed E-state index contributed by atoms with van der Waals surface area (Å²) in [5.41, 5.74) is 5.74. The number of benzene rings is 3. The van der Waals surface area contributed by atoms with Gasteiger partial charge in [0.2, 0.25) is 0 Å². The van der Waals surface area contributed by atoms with Crippen molar-refractivity contribution < 1.29 is 0 Å². The Kier molecular flexibility index (Phi) is 3.10. The van der Waals surface area contributed by atoms with Crippen LogP contribution in [0.2, 0.25) is 0 Å². The standard InChI is InChI=1S/C22H15N3/c1-2-6-18(7-3-1)25-21-9-5-4-8-19(21)20-12-16(10-11-22(20)25)17-13-23-15-24-14-17/h1-15H. The summed E-state index contributed by atoms with van der Waals surface area (Å²) in [5.74, 6) is 0. The van der Waals surface area contributed by atoms with Crippen molar-refractivity contribution in [1.29, 1.82) is 0 Å². The second-order valence-corrected chi connectivity index (χ2v) is 6.05. The maximum atomic E-state index is 4.14. The molecule has 0 amide bonds. The lowest BCUT2D eigenvalue weighted by atomic mass is 10.1. The Hall–Kier alpha value is -3.46. The van der Waals surface area contributed by atoms with Crippen LogP contribution in [0.5, 0.6) is 0 Å². The van der Waals surface area contributed by atoms with Gasteiger partial charge < -0.3 is 4.57 Å². The highest BCUT2D eigenvalue weighted by Gasteiger charge is 2.12. The molecule has 5 rings (SSSR count). The number of para-hydroxylation sites is 2. The number of hydrogen-bond acceptors (Lipinski definition) is 2. The van der Waals surface area contributed by atoms with E-state index in [2.05, 4.69) is 81.3 Å². The van der Waals surface area contributed by atoms with Crippen LogP contribution in [0.4, 0.5) is 0 Å². The van der Waals surface area contributed by atoms with Gasteiger partial charge in [0.25, 0.3) is 0 Å². The predicted molar refractivity (Wildman–Crippen MR) is 102 cm³/mol. The fraction of sp³-hybridized carbons (Fsp3) is 0. The fourth-order valence-corrected chi connectivity index (χ4v) is 3.46. The minimum absolute atomic E-state index is 1.03. The van der Waals surface area contributed by atoms with Crippen LogP contribution in [-0.2, 0) is 0 Å². The Labute approximate surface area is 145 Å². The Morgan fingerprint density at radius 2 is 1.32 bits per heavy atom. The minimum atomic E-state index is 1.03. The first-order valence-electron chi connectivity index (χ1n) is 8.26. The summed E-state index contributed by atoms with van der Waals surface area (Å²) in [5, 5.41) is 2.49. The fourth-order valence-electron chi connectivity index (χ4n) is 3.46. The molecule has 0 bridgehead atoms. The Morgan fingerprint density at radius 3 is 2.16 bits per heavy atom. The largest absolute Gasteiger partial charge is 0.309 e. The number of nitrogens with zero attached hydrogens (tertiary/aromatic N) is 3. The zero-order valence-electron chi connectivity index (χ0n) is 13.5. The molecule has 3 heteroatoms. The molecule has 0 aliphatic heterocycles. The first-order valence-corrected chi connectivity index (χ1v) is 8.26. The summed E-state index contributed by atoms with van der Waals surface area (Å²) >= 11 is 0. The number of rotatable bonds is 2. The molecule has 2 heterocycles. The molecule has 3 nitrogen and oxygen atoms in total. The molecule has 0 aliphatic rings. The number of fused-ring (bicyclic) bond motifs is 3. The summed E-state index contributed by atoms with van der Waals surface area (Å²) in [4.78, 5) is 8.28. The van der Waals surface area contributed by atoms with Gasteiger partial charge in [-0.15, -0.1) is 0 Å². The molecule has 0 aliphatic carbocycles. The first-order chi connectivity index (χ1) is 12.4. The van der Waals surface area contributed by atoms with Gasteiger partial charge in [0.05, 0.1) is 11.0 Å². The highest BCUT2D eigenvalue weighted by Crippen LogP contribution is 2.34. The summed E-state index contributed by atoms with van der Waals surface area (Å²) < 4.78 is 2.32. The van der Waals surface area contributed by atoms with Gasteiger partial charge in [0.1, 0.15) is 6.33 Å². The lowest BCUT2D eigenvalue weighted by molar-refractivity contribution is 1.17. The molecular formula is C22H15N3. The lowest BCUT2D eigenvalue weighted by Crippen LogP contribution is -1.92. The van der Waals surface area contributed by atoms with Gasteiger partial charge >= 0.3 is 0 Å². The maximum Gasteiger partial charge on any atom is 0.115 e. The second kappa shape index (κ2) is 5.56. The van der Waals surface area contributed by atoms with Crippen LogP contribution in [0.25, 0.3) is 38.6 Å². The average molecular weight is 321 g/mol. The monoisotopic (exact) mass is 321 g/mol. The van der Waals surface area contributed by atoms with E-state index in [-0.39, 0.29) is 0 Å². The first kappa shape index (κ1) is 13.9. The summed E-state index contributed by atoms with van der Waals surface area (Å²) in [6.07, 6.45) is 5.26. The highest BCUT2D eigenvalue weighted by atomic mass is 15.0. The topological polar surface area (TPSA) is 30.7 Å². The molecule has 0 spiro atoms. The molecule has 0 N–H and O–H groups in total. The number of hydrogen-bond donors (Lipinski definition) is 0. The van der Waals surface area contributed by atoms with E-state index >= 15 is 0 Å². The van der Waals surface area contributed by atoms with Crippen LogP contribution in [0.3, 0.4) is 0 Å². The third kappa shape index (κ3) is 2.21. The van der Waals surface area contributed by atoms with Crippen LogP contribution in [0.1, 0.15) is 0 Å². The predicted octanol–water partition coefficient (Wildman–Crippen LogP) is 5.24.